The Bertz CT molecular complexity index is 413. The largest absolute Gasteiger partial charge is 0.391 e. The smallest absolute Gasteiger partial charge is 0.268 e. The summed E-state index contributed by atoms with van der Waals surface area (Å²) >= 11 is 3.36. The zero-order valence-electron chi connectivity index (χ0n) is 9.82. The number of carbonyl (C=O) groups excluding carboxylic acids is 1. The van der Waals surface area contributed by atoms with Gasteiger partial charge in [0.2, 0.25) is 0 Å². The third kappa shape index (κ3) is 3.10. The molecule has 1 heterocycles. The van der Waals surface area contributed by atoms with Crippen LogP contribution in [-0.4, -0.2) is 28.2 Å². The highest BCUT2D eigenvalue weighted by atomic mass is 79.9. The molecule has 0 aliphatic heterocycles. The molecule has 1 aromatic rings. The normalized spacial score (nSPS) is 16.9. The van der Waals surface area contributed by atoms with Crippen LogP contribution in [0.5, 0.6) is 0 Å². The first-order valence-corrected chi connectivity index (χ1v) is 6.73. The average Bonchev–Trinajstić information content (AvgIpc) is 3.09. The van der Waals surface area contributed by atoms with Crippen LogP contribution in [0.3, 0.4) is 0 Å². The van der Waals surface area contributed by atoms with Gasteiger partial charge in [-0.2, -0.15) is 0 Å². The fourth-order valence-corrected chi connectivity index (χ4v) is 2.33. The summed E-state index contributed by atoms with van der Waals surface area (Å²) in [6.45, 7) is 3.08. The van der Waals surface area contributed by atoms with E-state index >= 15 is 0 Å². The molecule has 0 aromatic carbocycles. The minimum Gasteiger partial charge on any atom is -0.391 e. The number of aryl methyl sites for hydroxylation is 1. The predicted molar refractivity (Wildman–Crippen MR) is 68.9 cm³/mol. The molecular formula is C12H17BrN2O2. The number of aliphatic hydroxyl groups is 1. The minimum absolute atomic E-state index is 0.128. The third-order valence-electron chi connectivity index (χ3n) is 3.07. The second kappa shape index (κ2) is 5.23. The van der Waals surface area contributed by atoms with Crippen LogP contribution in [-0.2, 0) is 6.54 Å². The number of hydrogen-bond acceptors (Lipinski definition) is 2. The fourth-order valence-electron chi connectivity index (χ4n) is 1.86. The number of halogens is 1. The summed E-state index contributed by atoms with van der Waals surface area (Å²) < 4.78 is 2.77. The van der Waals surface area contributed by atoms with Crippen LogP contribution in [0.2, 0.25) is 0 Å². The highest BCUT2D eigenvalue weighted by Crippen LogP contribution is 2.32. The number of amides is 1. The number of hydrogen-bond donors (Lipinski definition) is 2. The number of nitrogens with one attached hydrogen (secondary N) is 1. The first-order valence-electron chi connectivity index (χ1n) is 5.93. The van der Waals surface area contributed by atoms with Gasteiger partial charge in [0, 0.05) is 23.8 Å². The Kier molecular flexibility index (Phi) is 3.89. The summed E-state index contributed by atoms with van der Waals surface area (Å²) in [4.78, 5) is 11.9. The highest BCUT2D eigenvalue weighted by molar-refractivity contribution is 9.10. The lowest BCUT2D eigenvalue weighted by Gasteiger charge is -2.11. The SMILES string of the molecule is CCn1cc(Br)cc1C(=O)NCC(O)C1CC1. The van der Waals surface area contributed by atoms with E-state index in [1.807, 2.05) is 17.7 Å². The molecule has 1 saturated carbocycles. The van der Waals surface area contributed by atoms with Crippen LogP contribution in [0.1, 0.15) is 30.3 Å². The Morgan fingerprint density at radius 1 is 1.71 bits per heavy atom. The van der Waals surface area contributed by atoms with Gasteiger partial charge in [0.1, 0.15) is 5.69 Å². The summed E-state index contributed by atoms with van der Waals surface area (Å²) in [5.74, 6) is 0.261. The molecule has 1 atom stereocenters. The standard InChI is InChI=1S/C12H17BrN2O2/c1-2-15-7-9(13)5-10(15)12(17)14-6-11(16)8-3-4-8/h5,7-8,11,16H,2-4,6H2,1H3,(H,14,17). The second-order valence-electron chi connectivity index (χ2n) is 4.44. The van der Waals surface area contributed by atoms with E-state index in [-0.39, 0.29) is 5.91 Å². The molecule has 0 radical (unpaired) electrons. The molecule has 1 fully saturated rings. The minimum atomic E-state index is -0.396. The quantitative estimate of drug-likeness (QED) is 0.871. The molecule has 94 valence electrons. The number of aliphatic hydroxyl groups excluding tert-OH is 1. The van der Waals surface area contributed by atoms with Crippen LogP contribution < -0.4 is 5.32 Å². The van der Waals surface area contributed by atoms with Gasteiger partial charge in [-0.05, 0) is 47.7 Å². The summed E-state index contributed by atoms with van der Waals surface area (Å²) in [5, 5.41) is 12.5. The fraction of sp³-hybridized carbons (Fsp3) is 0.583. The van der Waals surface area contributed by atoms with Crippen molar-refractivity contribution in [3.05, 3.63) is 22.4 Å². The van der Waals surface area contributed by atoms with Gasteiger partial charge < -0.3 is 15.0 Å². The summed E-state index contributed by atoms with van der Waals surface area (Å²) in [5.41, 5.74) is 0.627. The van der Waals surface area contributed by atoms with Gasteiger partial charge in [0.15, 0.2) is 0 Å². The molecule has 5 heteroatoms. The number of rotatable bonds is 5. The molecule has 2 rings (SSSR count). The van der Waals surface area contributed by atoms with Crippen molar-refractivity contribution in [2.24, 2.45) is 5.92 Å². The van der Waals surface area contributed by atoms with Crippen molar-refractivity contribution in [2.45, 2.75) is 32.4 Å². The zero-order chi connectivity index (χ0) is 12.4. The monoisotopic (exact) mass is 300 g/mol. The van der Waals surface area contributed by atoms with E-state index in [0.717, 1.165) is 23.9 Å². The van der Waals surface area contributed by atoms with E-state index in [2.05, 4.69) is 21.2 Å². The lowest BCUT2D eigenvalue weighted by molar-refractivity contribution is 0.0892. The Hall–Kier alpha value is -0.810. The summed E-state index contributed by atoms with van der Waals surface area (Å²) in [7, 11) is 0. The Balaban J connectivity index is 1.93. The highest BCUT2D eigenvalue weighted by Gasteiger charge is 2.29. The third-order valence-corrected chi connectivity index (χ3v) is 3.51. The van der Waals surface area contributed by atoms with E-state index in [1.165, 1.54) is 0 Å². The van der Waals surface area contributed by atoms with Gasteiger partial charge >= 0.3 is 0 Å². The Morgan fingerprint density at radius 2 is 2.41 bits per heavy atom. The van der Waals surface area contributed by atoms with Crippen molar-refractivity contribution in [1.29, 1.82) is 0 Å². The van der Waals surface area contributed by atoms with E-state index in [9.17, 15) is 9.90 Å². The molecule has 1 aliphatic rings. The molecule has 1 unspecified atom stereocenters. The van der Waals surface area contributed by atoms with Crippen molar-refractivity contribution >= 4 is 21.8 Å². The number of carbonyl (C=O) groups is 1. The zero-order valence-corrected chi connectivity index (χ0v) is 11.4. The van der Waals surface area contributed by atoms with Crippen LogP contribution in [0, 0.1) is 5.92 Å². The van der Waals surface area contributed by atoms with Gasteiger partial charge in [-0.3, -0.25) is 4.79 Å². The van der Waals surface area contributed by atoms with Crippen LogP contribution in [0.25, 0.3) is 0 Å². The molecule has 2 N–H and O–H groups in total. The van der Waals surface area contributed by atoms with Crippen molar-refractivity contribution in [3.63, 3.8) is 0 Å². The van der Waals surface area contributed by atoms with E-state index in [1.54, 1.807) is 6.07 Å². The maximum atomic E-state index is 11.9. The second-order valence-corrected chi connectivity index (χ2v) is 5.36. The molecule has 1 aliphatic carbocycles. The first kappa shape index (κ1) is 12.6. The molecular weight excluding hydrogens is 284 g/mol. The van der Waals surface area contributed by atoms with Gasteiger partial charge in [-0.15, -0.1) is 0 Å². The topological polar surface area (TPSA) is 54.3 Å². The molecule has 0 bridgehead atoms. The lowest BCUT2D eigenvalue weighted by Crippen LogP contribution is -2.34. The number of nitrogens with zero attached hydrogens (tertiary/aromatic N) is 1. The molecule has 0 spiro atoms. The molecule has 1 aromatic heterocycles. The summed E-state index contributed by atoms with van der Waals surface area (Å²) in [6.07, 6.45) is 3.64. The van der Waals surface area contributed by atoms with E-state index < -0.39 is 6.10 Å². The first-order chi connectivity index (χ1) is 8.11. The molecule has 17 heavy (non-hydrogen) atoms. The molecule has 4 nitrogen and oxygen atoms in total. The Labute approximate surface area is 109 Å². The van der Waals surface area contributed by atoms with Crippen molar-refractivity contribution in [3.8, 4) is 0 Å². The van der Waals surface area contributed by atoms with Gasteiger partial charge in [0.05, 0.1) is 6.10 Å². The maximum absolute atomic E-state index is 11.9. The van der Waals surface area contributed by atoms with Crippen molar-refractivity contribution in [1.82, 2.24) is 9.88 Å². The lowest BCUT2D eigenvalue weighted by atomic mass is 10.2. The van der Waals surface area contributed by atoms with E-state index in [4.69, 9.17) is 0 Å². The maximum Gasteiger partial charge on any atom is 0.268 e. The molecule has 0 saturated heterocycles. The number of aromatic nitrogens is 1. The Morgan fingerprint density at radius 3 is 3.00 bits per heavy atom. The predicted octanol–water partition coefficient (Wildman–Crippen LogP) is 1.77. The van der Waals surface area contributed by atoms with Crippen molar-refractivity contribution in [2.75, 3.05) is 6.54 Å². The summed E-state index contributed by atoms with van der Waals surface area (Å²) in [6, 6.07) is 1.79. The van der Waals surface area contributed by atoms with Gasteiger partial charge in [0.25, 0.3) is 5.91 Å². The molecule has 1 amide bonds. The van der Waals surface area contributed by atoms with Gasteiger partial charge in [-0.1, -0.05) is 0 Å². The van der Waals surface area contributed by atoms with Gasteiger partial charge in [-0.25, -0.2) is 0 Å². The van der Waals surface area contributed by atoms with Crippen LogP contribution in [0.15, 0.2) is 16.7 Å². The van der Waals surface area contributed by atoms with Crippen LogP contribution >= 0.6 is 15.9 Å². The van der Waals surface area contributed by atoms with Crippen LogP contribution in [0.4, 0.5) is 0 Å². The van der Waals surface area contributed by atoms with E-state index in [0.29, 0.717) is 18.2 Å². The van der Waals surface area contributed by atoms with Crippen molar-refractivity contribution < 1.29 is 9.90 Å². The average molecular weight is 301 g/mol.